The molecular formula is C21H22FN5OS. The number of benzene rings is 1. The van der Waals surface area contributed by atoms with Gasteiger partial charge in [-0.25, -0.2) is 4.39 Å². The van der Waals surface area contributed by atoms with Gasteiger partial charge in [0, 0.05) is 43.2 Å². The zero-order valence-corrected chi connectivity index (χ0v) is 17.0. The van der Waals surface area contributed by atoms with E-state index < -0.39 is 0 Å². The molecule has 8 heteroatoms. The van der Waals surface area contributed by atoms with Crippen LogP contribution in [-0.4, -0.2) is 38.7 Å². The smallest absolute Gasteiger partial charge is 0.293 e. The monoisotopic (exact) mass is 411 g/mol. The Morgan fingerprint density at radius 1 is 1.24 bits per heavy atom. The number of thiophene rings is 1. The lowest BCUT2D eigenvalue weighted by Gasteiger charge is -2.25. The topological polar surface area (TPSA) is 63.1 Å². The number of hydrogen-bond acceptors (Lipinski definition) is 5. The van der Waals surface area contributed by atoms with E-state index in [0.717, 1.165) is 38.4 Å². The predicted molar refractivity (Wildman–Crippen MR) is 109 cm³/mol. The molecule has 0 saturated carbocycles. The van der Waals surface area contributed by atoms with Gasteiger partial charge in [0.25, 0.3) is 5.91 Å². The molecule has 2 aliphatic rings. The lowest BCUT2D eigenvalue weighted by atomic mass is 9.89. The van der Waals surface area contributed by atoms with Crippen LogP contribution in [0.3, 0.4) is 0 Å². The third-order valence-electron chi connectivity index (χ3n) is 5.96. The first-order valence-electron chi connectivity index (χ1n) is 9.81. The van der Waals surface area contributed by atoms with Gasteiger partial charge < -0.3 is 9.88 Å². The van der Waals surface area contributed by atoms with Gasteiger partial charge in [-0.3, -0.25) is 9.69 Å². The second kappa shape index (κ2) is 7.35. The highest BCUT2D eigenvalue weighted by Crippen LogP contribution is 2.34. The van der Waals surface area contributed by atoms with Crippen LogP contribution in [0.5, 0.6) is 0 Å². The first-order chi connectivity index (χ1) is 14.1. The van der Waals surface area contributed by atoms with E-state index >= 15 is 0 Å². The second-order valence-corrected chi connectivity index (χ2v) is 8.96. The summed E-state index contributed by atoms with van der Waals surface area (Å²) in [7, 11) is 0. The number of carbonyl (C=O) groups is 1. The van der Waals surface area contributed by atoms with Gasteiger partial charge in [-0.2, -0.15) is 0 Å². The van der Waals surface area contributed by atoms with Crippen molar-refractivity contribution in [1.82, 2.24) is 19.7 Å². The standard InChI is InChI=1S/C21H22FN5OS/c1-13-5-6-29-18(13)12-26-9-14-7-19-24-25-20(27(19)11-15(14)10-26)21(28)23-17-4-2-3-16(22)8-17/h2-6,8,14-15H,7,9-12H2,1H3,(H,23,28)/t14-,15-/m1/s1. The van der Waals surface area contributed by atoms with E-state index in [1.807, 2.05) is 15.9 Å². The van der Waals surface area contributed by atoms with E-state index in [1.165, 1.54) is 22.6 Å². The van der Waals surface area contributed by atoms with Crippen LogP contribution in [0, 0.1) is 24.6 Å². The molecule has 1 amide bonds. The highest BCUT2D eigenvalue weighted by molar-refractivity contribution is 7.10. The number of fused-ring (bicyclic) bond motifs is 2. The van der Waals surface area contributed by atoms with Gasteiger partial charge in [0.1, 0.15) is 11.6 Å². The SMILES string of the molecule is Cc1ccsc1CN1C[C@H]2Cc3nnc(C(=O)Nc4cccc(F)c4)n3C[C@H]2C1. The van der Waals surface area contributed by atoms with E-state index in [9.17, 15) is 9.18 Å². The van der Waals surface area contributed by atoms with Gasteiger partial charge in [-0.1, -0.05) is 6.07 Å². The predicted octanol–water partition coefficient (Wildman–Crippen LogP) is 3.34. The van der Waals surface area contributed by atoms with Crippen molar-refractivity contribution in [3.63, 3.8) is 0 Å². The molecule has 0 spiro atoms. The molecule has 1 aromatic carbocycles. The van der Waals surface area contributed by atoms with E-state index in [2.05, 4.69) is 38.8 Å². The number of halogens is 1. The van der Waals surface area contributed by atoms with Gasteiger partial charge in [0.05, 0.1) is 0 Å². The summed E-state index contributed by atoms with van der Waals surface area (Å²) in [5, 5.41) is 13.3. The van der Waals surface area contributed by atoms with Crippen molar-refractivity contribution < 1.29 is 9.18 Å². The highest BCUT2D eigenvalue weighted by Gasteiger charge is 2.39. The van der Waals surface area contributed by atoms with Gasteiger partial charge >= 0.3 is 0 Å². The zero-order valence-electron chi connectivity index (χ0n) is 16.1. The van der Waals surface area contributed by atoms with Crippen molar-refractivity contribution in [3.8, 4) is 0 Å². The van der Waals surface area contributed by atoms with Gasteiger partial charge in [0.15, 0.2) is 0 Å². The fourth-order valence-electron chi connectivity index (χ4n) is 4.44. The van der Waals surface area contributed by atoms with E-state index in [4.69, 9.17) is 0 Å². The molecule has 2 aliphatic heterocycles. The summed E-state index contributed by atoms with van der Waals surface area (Å²) in [4.78, 5) is 16.6. The Labute approximate surface area is 172 Å². The number of hydrogen-bond donors (Lipinski definition) is 1. The molecule has 6 nitrogen and oxygen atoms in total. The van der Waals surface area contributed by atoms with E-state index in [-0.39, 0.29) is 11.7 Å². The lowest BCUT2D eigenvalue weighted by Crippen LogP contribution is -2.31. The number of anilines is 1. The maximum Gasteiger partial charge on any atom is 0.293 e. The number of carbonyl (C=O) groups excluding carboxylic acids is 1. The van der Waals surface area contributed by atoms with Crippen LogP contribution >= 0.6 is 11.3 Å². The number of likely N-dealkylation sites (tertiary alicyclic amines) is 1. The van der Waals surface area contributed by atoms with Gasteiger partial charge in [-0.05, 0) is 54.0 Å². The Bertz CT molecular complexity index is 1060. The van der Waals surface area contributed by atoms with E-state index in [1.54, 1.807) is 12.1 Å². The summed E-state index contributed by atoms with van der Waals surface area (Å²) in [5.74, 6) is 1.46. The number of nitrogens with one attached hydrogen (secondary N) is 1. The number of nitrogens with zero attached hydrogens (tertiary/aromatic N) is 4. The van der Waals surface area contributed by atoms with E-state index in [0.29, 0.717) is 23.3 Å². The Morgan fingerprint density at radius 3 is 2.90 bits per heavy atom. The quantitative estimate of drug-likeness (QED) is 0.715. The minimum absolute atomic E-state index is 0.301. The van der Waals surface area contributed by atoms with Crippen molar-refractivity contribution in [2.45, 2.75) is 26.4 Å². The van der Waals surface area contributed by atoms with Crippen molar-refractivity contribution >= 4 is 22.9 Å². The Balaban J connectivity index is 1.29. The van der Waals surface area contributed by atoms with Crippen LogP contribution in [0.4, 0.5) is 10.1 Å². The molecule has 1 saturated heterocycles. The molecular weight excluding hydrogens is 389 g/mol. The van der Waals surface area contributed by atoms with Crippen LogP contribution in [0.2, 0.25) is 0 Å². The fourth-order valence-corrected chi connectivity index (χ4v) is 5.39. The second-order valence-electron chi connectivity index (χ2n) is 7.96. The first-order valence-corrected chi connectivity index (χ1v) is 10.7. The highest BCUT2D eigenvalue weighted by atomic mass is 32.1. The molecule has 0 aliphatic carbocycles. The molecule has 3 aromatic rings. The molecule has 2 aromatic heterocycles. The largest absolute Gasteiger partial charge is 0.319 e. The lowest BCUT2D eigenvalue weighted by molar-refractivity contribution is 0.100. The summed E-state index contributed by atoms with van der Waals surface area (Å²) in [6.45, 7) is 5.98. The van der Waals surface area contributed by atoms with Crippen LogP contribution in [0.25, 0.3) is 0 Å². The average molecular weight is 412 g/mol. The maximum absolute atomic E-state index is 13.4. The number of rotatable bonds is 4. The third kappa shape index (κ3) is 3.58. The first kappa shape index (κ1) is 18.4. The third-order valence-corrected chi connectivity index (χ3v) is 6.97. The molecule has 4 heterocycles. The van der Waals surface area contributed by atoms with Crippen LogP contribution < -0.4 is 5.32 Å². The average Bonchev–Trinajstić information content (AvgIpc) is 3.38. The van der Waals surface area contributed by atoms with Crippen molar-refractivity contribution in [3.05, 3.63) is 63.6 Å². The fraction of sp³-hybridized carbons (Fsp3) is 0.381. The summed E-state index contributed by atoms with van der Waals surface area (Å²) in [6, 6.07) is 8.04. The van der Waals surface area contributed by atoms with Gasteiger partial charge in [0.2, 0.25) is 5.82 Å². The maximum atomic E-state index is 13.4. The molecule has 150 valence electrons. The zero-order chi connectivity index (χ0) is 20.0. The Morgan fingerprint density at radius 2 is 2.10 bits per heavy atom. The molecule has 0 radical (unpaired) electrons. The van der Waals surface area contributed by atoms with Crippen LogP contribution in [-0.2, 0) is 19.5 Å². The number of aromatic nitrogens is 3. The molecule has 0 unspecified atom stereocenters. The molecule has 2 atom stereocenters. The number of aryl methyl sites for hydroxylation is 1. The van der Waals surface area contributed by atoms with Crippen LogP contribution in [0.1, 0.15) is 26.9 Å². The summed E-state index contributed by atoms with van der Waals surface area (Å²) in [5.41, 5.74) is 1.78. The summed E-state index contributed by atoms with van der Waals surface area (Å²) in [6.07, 6.45) is 0.838. The normalized spacial score (nSPS) is 21.0. The minimum Gasteiger partial charge on any atom is -0.319 e. The summed E-state index contributed by atoms with van der Waals surface area (Å²) >= 11 is 1.82. The molecule has 1 N–H and O–H groups in total. The molecule has 0 bridgehead atoms. The molecule has 1 fully saturated rings. The number of amides is 1. The van der Waals surface area contributed by atoms with Crippen molar-refractivity contribution in [1.29, 1.82) is 0 Å². The Hall–Kier alpha value is -2.58. The molecule has 29 heavy (non-hydrogen) atoms. The van der Waals surface area contributed by atoms with Crippen molar-refractivity contribution in [2.24, 2.45) is 11.8 Å². The summed E-state index contributed by atoms with van der Waals surface area (Å²) < 4.78 is 15.3. The minimum atomic E-state index is -0.388. The van der Waals surface area contributed by atoms with Gasteiger partial charge in [-0.15, -0.1) is 21.5 Å². The van der Waals surface area contributed by atoms with Crippen molar-refractivity contribution in [2.75, 3.05) is 18.4 Å². The Kier molecular flexibility index (Phi) is 4.67. The van der Waals surface area contributed by atoms with Crippen LogP contribution in [0.15, 0.2) is 35.7 Å². The molecule has 5 rings (SSSR count).